The molecule has 0 aliphatic heterocycles. The minimum atomic E-state index is -1.36. The number of nitrogens with one attached hydrogen (secondary N) is 4. The fraction of sp³-hybridized carbons (Fsp3) is 0.611. The van der Waals surface area contributed by atoms with Crippen molar-refractivity contribution in [2.75, 3.05) is 12.4 Å². The highest BCUT2D eigenvalue weighted by Gasteiger charge is 2.30. The molecule has 0 saturated carbocycles. The van der Waals surface area contributed by atoms with Gasteiger partial charge < -0.3 is 36.9 Å². The lowest BCUT2D eigenvalue weighted by molar-refractivity contribution is -0.142. The van der Waals surface area contributed by atoms with Crippen LogP contribution >= 0.6 is 12.6 Å². The molecule has 1 rings (SSSR count). The normalized spacial score (nSPS) is 14.9. The van der Waals surface area contributed by atoms with Gasteiger partial charge in [0.1, 0.15) is 18.1 Å². The van der Waals surface area contributed by atoms with Crippen molar-refractivity contribution in [2.45, 2.75) is 50.9 Å². The Morgan fingerprint density at radius 1 is 1.10 bits per heavy atom. The average molecular weight is 459 g/mol. The molecule has 174 valence electrons. The van der Waals surface area contributed by atoms with E-state index in [1.807, 2.05) is 13.8 Å². The number of nitrogens with two attached hydrogens (primary N) is 1. The standard InChI is InChI=1S/C18H30N6O6S/c1-9(2)3-13(18(29)30)23-16(27)12(4-10-5-20-8-21-10)22-17(28)14(6-25)24-15(26)11(19)7-31/h5,8-9,11-14,25,31H,3-4,6-7,19H2,1-2H3,(H,20,21)(H,22,28)(H,23,27)(H,24,26)(H,29,30). The van der Waals surface area contributed by atoms with Gasteiger partial charge in [-0.1, -0.05) is 13.8 Å². The second-order valence-corrected chi connectivity index (χ2v) is 7.77. The lowest BCUT2D eigenvalue weighted by Crippen LogP contribution is -2.58. The second-order valence-electron chi connectivity index (χ2n) is 7.40. The molecular weight excluding hydrogens is 428 g/mol. The first-order valence-corrected chi connectivity index (χ1v) is 10.3. The van der Waals surface area contributed by atoms with E-state index in [0.29, 0.717) is 5.69 Å². The van der Waals surface area contributed by atoms with Crippen molar-refractivity contribution in [3.8, 4) is 0 Å². The Kier molecular flexibility index (Phi) is 11.0. The third kappa shape index (κ3) is 8.94. The molecular formula is C18H30N6O6S. The van der Waals surface area contributed by atoms with Crippen LogP contribution in [0.4, 0.5) is 0 Å². The summed E-state index contributed by atoms with van der Waals surface area (Å²) in [6, 6.07) is -4.68. The quantitative estimate of drug-likeness (QED) is 0.152. The summed E-state index contributed by atoms with van der Waals surface area (Å²) in [6.07, 6.45) is 3.02. The zero-order chi connectivity index (χ0) is 23.6. The van der Waals surface area contributed by atoms with E-state index >= 15 is 0 Å². The Morgan fingerprint density at radius 2 is 1.68 bits per heavy atom. The van der Waals surface area contributed by atoms with E-state index in [4.69, 9.17) is 5.73 Å². The highest BCUT2D eigenvalue weighted by Crippen LogP contribution is 2.07. The van der Waals surface area contributed by atoms with Crippen molar-refractivity contribution in [1.29, 1.82) is 0 Å². The van der Waals surface area contributed by atoms with Crippen LogP contribution in [0.3, 0.4) is 0 Å². The summed E-state index contributed by atoms with van der Waals surface area (Å²) in [6.45, 7) is 2.90. The summed E-state index contributed by atoms with van der Waals surface area (Å²) >= 11 is 3.90. The van der Waals surface area contributed by atoms with Crippen molar-refractivity contribution in [1.82, 2.24) is 25.9 Å². The highest BCUT2D eigenvalue weighted by atomic mass is 32.1. The third-order valence-corrected chi connectivity index (χ3v) is 4.68. The molecule has 0 saturated heterocycles. The van der Waals surface area contributed by atoms with Crippen LogP contribution in [-0.4, -0.2) is 80.4 Å². The number of carbonyl (C=O) groups excluding carboxylic acids is 3. The van der Waals surface area contributed by atoms with Crippen LogP contribution in [-0.2, 0) is 25.6 Å². The molecule has 8 N–H and O–H groups in total. The zero-order valence-electron chi connectivity index (χ0n) is 17.4. The number of H-pyrrole nitrogens is 1. The summed E-state index contributed by atoms with van der Waals surface area (Å²) in [5.41, 5.74) is 6.06. The maximum absolute atomic E-state index is 12.8. The molecule has 1 aromatic heterocycles. The molecule has 0 spiro atoms. The summed E-state index contributed by atoms with van der Waals surface area (Å²) in [5, 5.41) is 26.0. The van der Waals surface area contributed by atoms with E-state index in [2.05, 4.69) is 38.5 Å². The molecule has 0 bridgehead atoms. The number of amides is 3. The van der Waals surface area contributed by atoms with Gasteiger partial charge in [-0.3, -0.25) is 14.4 Å². The van der Waals surface area contributed by atoms with Crippen LogP contribution < -0.4 is 21.7 Å². The number of carboxylic acids is 1. The lowest BCUT2D eigenvalue weighted by atomic mass is 10.0. The number of hydrogen-bond donors (Lipinski definition) is 8. The largest absolute Gasteiger partial charge is 0.480 e. The van der Waals surface area contributed by atoms with Gasteiger partial charge in [-0.05, 0) is 12.3 Å². The number of carboxylic acid groups (broad SMARTS) is 1. The third-order valence-electron chi connectivity index (χ3n) is 4.28. The first-order chi connectivity index (χ1) is 14.6. The Morgan fingerprint density at radius 3 is 2.16 bits per heavy atom. The van der Waals surface area contributed by atoms with Crippen LogP contribution in [0.25, 0.3) is 0 Å². The molecule has 4 unspecified atom stereocenters. The Labute approximate surface area is 185 Å². The number of aliphatic hydroxyl groups excluding tert-OH is 1. The van der Waals surface area contributed by atoms with E-state index in [0.717, 1.165) is 0 Å². The van der Waals surface area contributed by atoms with E-state index in [9.17, 15) is 29.4 Å². The fourth-order valence-electron chi connectivity index (χ4n) is 2.62. The van der Waals surface area contributed by atoms with Crippen LogP contribution in [0, 0.1) is 5.92 Å². The van der Waals surface area contributed by atoms with Gasteiger partial charge in [0.2, 0.25) is 17.7 Å². The molecule has 3 amide bonds. The van der Waals surface area contributed by atoms with Gasteiger partial charge in [0.25, 0.3) is 0 Å². The van der Waals surface area contributed by atoms with Crippen LogP contribution in [0.5, 0.6) is 0 Å². The number of thiol groups is 1. The Balaban J connectivity index is 2.96. The maximum atomic E-state index is 12.8. The molecule has 4 atom stereocenters. The van der Waals surface area contributed by atoms with Gasteiger partial charge in [0, 0.05) is 24.1 Å². The topological polar surface area (TPSA) is 200 Å². The predicted molar refractivity (Wildman–Crippen MR) is 114 cm³/mol. The van der Waals surface area contributed by atoms with Crippen LogP contribution in [0.2, 0.25) is 0 Å². The highest BCUT2D eigenvalue weighted by molar-refractivity contribution is 7.80. The van der Waals surface area contributed by atoms with E-state index < -0.39 is 54.5 Å². The monoisotopic (exact) mass is 458 g/mol. The number of rotatable bonds is 13. The number of aromatic nitrogens is 2. The van der Waals surface area contributed by atoms with Gasteiger partial charge in [0.05, 0.1) is 19.0 Å². The predicted octanol–water partition coefficient (Wildman–Crippen LogP) is -2.21. The van der Waals surface area contributed by atoms with Crippen LogP contribution in [0.1, 0.15) is 26.0 Å². The van der Waals surface area contributed by atoms with Gasteiger partial charge in [0.15, 0.2) is 0 Å². The number of nitrogens with zero attached hydrogens (tertiary/aromatic N) is 1. The number of carbonyl (C=O) groups is 4. The van der Waals surface area contributed by atoms with Crippen molar-refractivity contribution in [2.24, 2.45) is 11.7 Å². The number of aliphatic carboxylic acids is 1. The van der Waals surface area contributed by atoms with Gasteiger partial charge in [-0.25, -0.2) is 9.78 Å². The lowest BCUT2D eigenvalue weighted by Gasteiger charge is -2.24. The SMILES string of the molecule is CC(C)CC(NC(=O)C(Cc1cnc[nH]1)NC(=O)C(CO)NC(=O)C(N)CS)C(=O)O. The van der Waals surface area contributed by atoms with Crippen molar-refractivity contribution in [3.05, 3.63) is 18.2 Å². The summed E-state index contributed by atoms with van der Waals surface area (Å²) in [7, 11) is 0. The molecule has 0 radical (unpaired) electrons. The van der Waals surface area contributed by atoms with E-state index in [1.165, 1.54) is 12.5 Å². The second kappa shape index (κ2) is 12.9. The van der Waals surface area contributed by atoms with Gasteiger partial charge in [-0.2, -0.15) is 12.6 Å². The van der Waals surface area contributed by atoms with Crippen molar-refractivity contribution >= 4 is 36.3 Å². The molecule has 0 aromatic carbocycles. The fourth-order valence-corrected chi connectivity index (χ4v) is 2.78. The first kappa shape index (κ1) is 26.4. The van der Waals surface area contributed by atoms with Crippen molar-refractivity contribution < 1.29 is 29.4 Å². The molecule has 0 fully saturated rings. The van der Waals surface area contributed by atoms with Gasteiger partial charge >= 0.3 is 5.97 Å². The van der Waals surface area contributed by atoms with Gasteiger partial charge in [-0.15, -0.1) is 0 Å². The maximum Gasteiger partial charge on any atom is 0.326 e. The number of aliphatic hydroxyl groups is 1. The molecule has 1 aromatic rings. The molecule has 0 aliphatic carbocycles. The molecule has 13 heteroatoms. The van der Waals surface area contributed by atoms with E-state index in [-0.39, 0.29) is 24.5 Å². The summed E-state index contributed by atoms with van der Waals surface area (Å²) in [4.78, 5) is 55.4. The minimum Gasteiger partial charge on any atom is -0.480 e. The minimum absolute atomic E-state index is 0.00655. The Hall–Kier alpha value is -2.64. The Bertz CT molecular complexity index is 744. The smallest absolute Gasteiger partial charge is 0.326 e. The number of hydrogen-bond acceptors (Lipinski definition) is 8. The molecule has 31 heavy (non-hydrogen) atoms. The first-order valence-electron chi connectivity index (χ1n) is 9.67. The number of imidazole rings is 1. The van der Waals surface area contributed by atoms with Crippen LogP contribution in [0.15, 0.2) is 12.5 Å². The zero-order valence-corrected chi connectivity index (χ0v) is 18.3. The van der Waals surface area contributed by atoms with E-state index in [1.54, 1.807) is 0 Å². The summed E-state index contributed by atoms with van der Waals surface area (Å²) in [5.74, 6) is -3.42. The average Bonchev–Trinajstić information content (AvgIpc) is 3.22. The molecule has 12 nitrogen and oxygen atoms in total. The molecule has 0 aliphatic rings. The number of aromatic amines is 1. The molecule has 1 heterocycles. The summed E-state index contributed by atoms with van der Waals surface area (Å²) < 4.78 is 0. The van der Waals surface area contributed by atoms with Crippen molar-refractivity contribution in [3.63, 3.8) is 0 Å².